The molecule has 0 atom stereocenters. The van der Waals surface area contributed by atoms with Gasteiger partial charge < -0.3 is 10.0 Å². The maximum atomic E-state index is 10.9. The summed E-state index contributed by atoms with van der Waals surface area (Å²) in [7, 11) is 0. The first-order chi connectivity index (χ1) is 8.39. The zero-order valence-corrected chi connectivity index (χ0v) is 11.5. The Morgan fingerprint density at radius 1 is 1.44 bits per heavy atom. The van der Waals surface area contributed by atoms with E-state index in [1.807, 2.05) is 6.07 Å². The fourth-order valence-corrected chi connectivity index (χ4v) is 2.77. The van der Waals surface area contributed by atoms with Gasteiger partial charge in [-0.3, -0.25) is 0 Å². The summed E-state index contributed by atoms with van der Waals surface area (Å²) >= 11 is 6.01. The number of hydrogen-bond donors (Lipinski definition) is 1. The van der Waals surface area contributed by atoms with Crippen molar-refractivity contribution in [3.63, 3.8) is 0 Å². The molecule has 0 aliphatic carbocycles. The van der Waals surface area contributed by atoms with Crippen LogP contribution in [0.5, 0.6) is 0 Å². The van der Waals surface area contributed by atoms with E-state index in [0.29, 0.717) is 10.4 Å². The van der Waals surface area contributed by atoms with Crippen molar-refractivity contribution < 1.29 is 9.90 Å². The largest absolute Gasteiger partial charge is 0.478 e. The minimum absolute atomic E-state index is 0.164. The normalized spacial score (nSPS) is 18.7. The fraction of sp³-hybridized carbons (Fsp3) is 0.500. The molecule has 1 N–H and O–H groups in total. The fourth-order valence-electron chi connectivity index (χ4n) is 2.52. The maximum absolute atomic E-state index is 10.9. The molecule has 0 spiro atoms. The average molecular weight is 268 g/mol. The van der Waals surface area contributed by atoms with Crippen LogP contribution in [0.4, 0.5) is 5.69 Å². The molecule has 18 heavy (non-hydrogen) atoms. The van der Waals surface area contributed by atoms with Crippen molar-refractivity contribution in [2.24, 2.45) is 5.41 Å². The summed E-state index contributed by atoms with van der Waals surface area (Å²) < 4.78 is 0. The first-order valence-electron chi connectivity index (χ1n) is 6.17. The molecule has 1 aromatic rings. The Hall–Kier alpha value is -1.22. The van der Waals surface area contributed by atoms with Gasteiger partial charge in [-0.05, 0) is 36.5 Å². The van der Waals surface area contributed by atoms with E-state index >= 15 is 0 Å². The predicted octanol–water partition coefficient (Wildman–Crippen LogP) is 3.66. The van der Waals surface area contributed by atoms with Crippen LogP contribution in [0.1, 0.15) is 37.0 Å². The highest BCUT2D eigenvalue weighted by atomic mass is 35.5. The smallest absolute Gasteiger partial charge is 0.337 e. The second-order valence-electron chi connectivity index (χ2n) is 5.66. The molecule has 1 aliphatic rings. The molecule has 4 heteroatoms. The summed E-state index contributed by atoms with van der Waals surface area (Å²) in [5.41, 5.74) is 1.48. The van der Waals surface area contributed by atoms with Crippen molar-refractivity contribution in [1.82, 2.24) is 0 Å². The number of aromatic carboxylic acids is 1. The van der Waals surface area contributed by atoms with Crippen LogP contribution in [0.2, 0.25) is 5.02 Å². The second-order valence-corrected chi connectivity index (χ2v) is 6.07. The van der Waals surface area contributed by atoms with E-state index < -0.39 is 5.97 Å². The lowest BCUT2D eigenvalue weighted by atomic mass is 9.84. The molecular formula is C14H18ClNO2. The number of nitrogens with zero attached hydrogens (tertiary/aromatic N) is 1. The Morgan fingerprint density at radius 2 is 2.17 bits per heavy atom. The monoisotopic (exact) mass is 267 g/mol. The molecule has 0 saturated carbocycles. The third kappa shape index (κ3) is 2.78. The van der Waals surface area contributed by atoms with Crippen molar-refractivity contribution in [1.29, 1.82) is 0 Å². The second kappa shape index (κ2) is 4.81. The Bertz CT molecular complexity index is 471. The molecule has 0 radical (unpaired) electrons. The van der Waals surface area contributed by atoms with Crippen LogP contribution < -0.4 is 4.90 Å². The van der Waals surface area contributed by atoms with Crippen molar-refractivity contribution in [2.45, 2.75) is 26.7 Å². The van der Waals surface area contributed by atoms with Gasteiger partial charge in [-0.25, -0.2) is 4.79 Å². The molecule has 0 aromatic heterocycles. The van der Waals surface area contributed by atoms with Crippen molar-refractivity contribution in [3.05, 3.63) is 28.8 Å². The molecule has 0 amide bonds. The summed E-state index contributed by atoms with van der Waals surface area (Å²) in [6, 6.07) is 5.19. The van der Waals surface area contributed by atoms with Gasteiger partial charge in [-0.15, -0.1) is 0 Å². The number of carbonyl (C=O) groups is 1. The van der Waals surface area contributed by atoms with E-state index in [9.17, 15) is 4.79 Å². The van der Waals surface area contributed by atoms with Gasteiger partial charge in [-0.1, -0.05) is 25.4 Å². The predicted molar refractivity (Wildman–Crippen MR) is 73.6 cm³/mol. The van der Waals surface area contributed by atoms with E-state index in [4.69, 9.17) is 16.7 Å². The van der Waals surface area contributed by atoms with Crippen LogP contribution in [-0.4, -0.2) is 24.2 Å². The number of carboxylic acid groups (broad SMARTS) is 1. The number of piperidine rings is 1. The Morgan fingerprint density at radius 3 is 2.72 bits per heavy atom. The molecule has 1 saturated heterocycles. The van der Waals surface area contributed by atoms with E-state index in [0.717, 1.165) is 25.2 Å². The molecule has 2 rings (SSSR count). The maximum Gasteiger partial charge on any atom is 0.337 e. The van der Waals surface area contributed by atoms with Gasteiger partial charge in [-0.2, -0.15) is 0 Å². The standard InChI is InChI=1S/C14H18ClNO2/c1-14(2)6-3-7-16(9-14)10-4-5-11(13(17)18)12(15)8-10/h4-5,8H,3,6-7,9H2,1-2H3,(H,17,18). The average Bonchev–Trinajstić information content (AvgIpc) is 2.27. The van der Waals surface area contributed by atoms with Crippen molar-refractivity contribution in [3.8, 4) is 0 Å². The highest BCUT2D eigenvalue weighted by Crippen LogP contribution is 2.33. The van der Waals surface area contributed by atoms with Crippen LogP contribution >= 0.6 is 11.6 Å². The molecule has 1 aromatic carbocycles. The number of benzene rings is 1. The Labute approximate surface area is 112 Å². The van der Waals surface area contributed by atoms with Crippen LogP contribution in [0, 0.1) is 5.41 Å². The third-order valence-corrected chi connectivity index (χ3v) is 3.76. The molecule has 1 fully saturated rings. The first kappa shape index (κ1) is 13.2. The van der Waals surface area contributed by atoms with Gasteiger partial charge >= 0.3 is 5.97 Å². The van der Waals surface area contributed by atoms with Gasteiger partial charge in [0.15, 0.2) is 0 Å². The van der Waals surface area contributed by atoms with Gasteiger partial charge in [0.1, 0.15) is 0 Å². The lowest BCUT2D eigenvalue weighted by Gasteiger charge is -2.39. The summed E-state index contributed by atoms with van der Waals surface area (Å²) in [4.78, 5) is 13.2. The quantitative estimate of drug-likeness (QED) is 0.889. The molecule has 1 heterocycles. The Kier molecular flexibility index (Phi) is 3.53. The van der Waals surface area contributed by atoms with Crippen molar-refractivity contribution >= 4 is 23.3 Å². The third-order valence-electron chi connectivity index (χ3n) is 3.45. The Balaban J connectivity index is 2.24. The molecular weight excluding hydrogens is 250 g/mol. The van der Waals surface area contributed by atoms with Crippen LogP contribution in [0.25, 0.3) is 0 Å². The van der Waals surface area contributed by atoms with E-state index in [1.54, 1.807) is 12.1 Å². The number of anilines is 1. The van der Waals surface area contributed by atoms with E-state index in [2.05, 4.69) is 18.7 Å². The number of hydrogen-bond acceptors (Lipinski definition) is 2. The van der Waals surface area contributed by atoms with Gasteiger partial charge in [0.05, 0.1) is 10.6 Å². The summed E-state index contributed by atoms with van der Waals surface area (Å²) in [6.07, 6.45) is 2.38. The minimum atomic E-state index is -0.981. The molecule has 0 unspecified atom stereocenters. The highest BCUT2D eigenvalue weighted by Gasteiger charge is 2.26. The first-order valence-corrected chi connectivity index (χ1v) is 6.55. The lowest BCUT2D eigenvalue weighted by Crippen LogP contribution is -2.40. The number of rotatable bonds is 2. The summed E-state index contributed by atoms with van der Waals surface area (Å²) in [6.45, 7) is 6.50. The summed E-state index contributed by atoms with van der Waals surface area (Å²) in [5, 5.41) is 9.26. The molecule has 0 bridgehead atoms. The molecule has 98 valence electrons. The van der Waals surface area contributed by atoms with E-state index in [1.165, 1.54) is 6.42 Å². The topological polar surface area (TPSA) is 40.5 Å². The van der Waals surface area contributed by atoms with E-state index in [-0.39, 0.29) is 5.56 Å². The van der Waals surface area contributed by atoms with Crippen LogP contribution in [-0.2, 0) is 0 Å². The van der Waals surface area contributed by atoms with Crippen LogP contribution in [0.15, 0.2) is 18.2 Å². The van der Waals surface area contributed by atoms with Crippen molar-refractivity contribution in [2.75, 3.05) is 18.0 Å². The number of carboxylic acids is 1. The zero-order chi connectivity index (χ0) is 13.3. The van der Waals surface area contributed by atoms with Gasteiger partial charge in [0.2, 0.25) is 0 Å². The minimum Gasteiger partial charge on any atom is -0.478 e. The van der Waals surface area contributed by atoms with Crippen LogP contribution in [0.3, 0.4) is 0 Å². The lowest BCUT2D eigenvalue weighted by molar-refractivity contribution is 0.0697. The highest BCUT2D eigenvalue weighted by molar-refractivity contribution is 6.33. The number of halogens is 1. The summed E-state index contributed by atoms with van der Waals surface area (Å²) in [5.74, 6) is -0.981. The SMILES string of the molecule is CC1(C)CCCN(c2ccc(C(=O)O)c(Cl)c2)C1. The molecule has 1 aliphatic heterocycles. The van der Waals surface area contributed by atoms with Gasteiger partial charge in [0, 0.05) is 18.8 Å². The zero-order valence-electron chi connectivity index (χ0n) is 10.7. The molecule has 3 nitrogen and oxygen atoms in total. The van der Waals surface area contributed by atoms with Gasteiger partial charge in [0.25, 0.3) is 0 Å².